The Kier molecular flexibility index (Phi) is 4.94. The van der Waals surface area contributed by atoms with Crippen molar-refractivity contribution >= 4 is 5.91 Å². The lowest BCUT2D eigenvalue weighted by molar-refractivity contribution is 0.0948. The second kappa shape index (κ2) is 7.43. The van der Waals surface area contributed by atoms with Gasteiger partial charge >= 0.3 is 0 Å². The van der Waals surface area contributed by atoms with Crippen molar-refractivity contribution in [3.8, 4) is 5.69 Å². The molecule has 1 N–H and O–H groups in total. The van der Waals surface area contributed by atoms with Crippen molar-refractivity contribution in [1.29, 1.82) is 0 Å². The highest BCUT2D eigenvalue weighted by molar-refractivity contribution is 5.95. The molecule has 1 aliphatic carbocycles. The number of amides is 1. The van der Waals surface area contributed by atoms with Crippen LogP contribution >= 0.6 is 0 Å². The Morgan fingerprint density at radius 2 is 1.66 bits per heavy atom. The van der Waals surface area contributed by atoms with Gasteiger partial charge in [0.25, 0.3) is 5.91 Å². The van der Waals surface area contributed by atoms with Gasteiger partial charge in [-0.15, -0.1) is 0 Å². The molecule has 0 atom stereocenters. The average molecular weight is 395 g/mol. The summed E-state index contributed by atoms with van der Waals surface area (Å²) in [5.74, 6) is -0.713. The SMILES string of the molecule is CC(C)c1c(C(=O)NCC2(c3ccc(F)cc3)CC2)cnn1-c1ccc(F)cc1. The highest BCUT2D eigenvalue weighted by Gasteiger charge is 2.44. The number of nitrogens with zero attached hydrogens (tertiary/aromatic N) is 2. The maximum absolute atomic E-state index is 13.3. The van der Waals surface area contributed by atoms with E-state index in [9.17, 15) is 13.6 Å². The molecule has 29 heavy (non-hydrogen) atoms. The Labute approximate surface area is 168 Å². The molecule has 0 aliphatic heterocycles. The van der Waals surface area contributed by atoms with Gasteiger partial charge < -0.3 is 5.32 Å². The molecule has 6 heteroatoms. The summed E-state index contributed by atoms with van der Waals surface area (Å²) in [4.78, 5) is 12.9. The second-order valence-electron chi connectivity index (χ2n) is 7.96. The van der Waals surface area contributed by atoms with Crippen LogP contribution in [-0.2, 0) is 5.41 Å². The number of rotatable bonds is 6. The molecule has 1 fully saturated rings. The highest BCUT2D eigenvalue weighted by atomic mass is 19.1. The van der Waals surface area contributed by atoms with E-state index < -0.39 is 0 Å². The summed E-state index contributed by atoms with van der Waals surface area (Å²) in [7, 11) is 0. The third-order valence-corrected chi connectivity index (χ3v) is 5.57. The molecule has 1 aliphatic rings. The van der Waals surface area contributed by atoms with Crippen LogP contribution in [0.3, 0.4) is 0 Å². The maximum Gasteiger partial charge on any atom is 0.254 e. The number of hydrogen-bond donors (Lipinski definition) is 1. The van der Waals surface area contributed by atoms with Crippen LogP contribution in [0, 0.1) is 11.6 Å². The Balaban J connectivity index is 1.54. The van der Waals surface area contributed by atoms with Gasteiger partial charge in [0.1, 0.15) is 11.6 Å². The highest BCUT2D eigenvalue weighted by Crippen LogP contribution is 2.47. The molecule has 1 saturated carbocycles. The zero-order chi connectivity index (χ0) is 20.6. The van der Waals surface area contributed by atoms with E-state index in [2.05, 4.69) is 10.4 Å². The van der Waals surface area contributed by atoms with Crippen molar-refractivity contribution in [1.82, 2.24) is 15.1 Å². The Hall–Kier alpha value is -3.02. The third kappa shape index (κ3) is 3.79. The average Bonchev–Trinajstić information content (AvgIpc) is 3.36. The van der Waals surface area contributed by atoms with Crippen LogP contribution in [-0.4, -0.2) is 22.2 Å². The molecule has 1 aromatic heterocycles. The van der Waals surface area contributed by atoms with Crippen LogP contribution in [0.25, 0.3) is 5.69 Å². The van der Waals surface area contributed by atoms with Gasteiger partial charge in [-0.1, -0.05) is 26.0 Å². The molecule has 1 heterocycles. The first-order chi connectivity index (χ1) is 13.9. The van der Waals surface area contributed by atoms with Crippen molar-refractivity contribution in [3.63, 3.8) is 0 Å². The minimum atomic E-state index is -0.319. The summed E-state index contributed by atoms with van der Waals surface area (Å²) in [6.45, 7) is 4.49. The quantitative estimate of drug-likeness (QED) is 0.656. The van der Waals surface area contributed by atoms with Crippen molar-refractivity contribution < 1.29 is 13.6 Å². The summed E-state index contributed by atoms with van der Waals surface area (Å²) in [5.41, 5.74) is 2.93. The van der Waals surface area contributed by atoms with Crippen LogP contribution in [0.4, 0.5) is 8.78 Å². The summed E-state index contributed by atoms with van der Waals surface area (Å²) < 4.78 is 28.2. The summed E-state index contributed by atoms with van der Waals surface area (Å²) in [6, 6.07) is 12.5. The normalized spacial score (nSPS) is 14.8. The van der Waals surface area contributed by atoms with Crippen molar-refractivity contribution in [2.24, 2.45) is 0 Å². The number of carbonyl (C=O) groups is 1. The molecule has 0 spiro atoms. The molecule has 2 aromatic carbocycles. The van der Waals surface area contributed by atoms with E-state index in [1.54, 1.807) is 35.1 Å². The fourth-order valence-electron chi connectivity index (χ4n) is 3.74. The smallest absolute Gasteiger partial charge is 0.254 e. The van der Waals surface area contributed by atoms with E-state index >= 15 is 0 Å². The lowest BCUT2D eigenvalue weighted by Crippen LogP contribution is -2.32. The molecule has 3 aromatic rings. The minimum absolute atomic E-state index is 0.0512. The third-order valence-electron chi connectivity index (χ3n) is 5.57. The standard InChI is InChI=1S/C23H23F2N3O/c1-15(2)21-20(13-27-28(21)19-9-7-18(25)8-10-19)22(29)26-14-23(11-12-23)16-3-5-17(24)6-4-16/h3-10,13,15H,11-12,14H2,1-2H3,(H,26,29). The van der Waals surface area contributed by atoms with E-state index in [4.69, 9.17) is 0 Å². The zero-order valence-corrected chi connectivity index (χ0v) is 16.5. The maximum atomic E-state index is 13.3. The van der Waals surface area contributed by atoms with Crippen LogP contribution < -0.4 is 5.32 Å². The predicted octanol–water partition coefficient (Wildman–Crippen LogP) is 4.74. The second-order valence-corrected chi connectivity index (χ2v) is 7.96. The molecule has 0 radical (unpaired) electrons. The summed E-state index contributed by atoms with van der Waals surface area (Å²) in [5, 5.41) is 7.42. The molecular weight excluding hydrogens is 372 g/mol. The monoisotopic (exact) mass is 395 g/mol. The first-order valence-corrected chi connectivity index (χ1v) is 9.78. The topological polar surface area (TPSA) is 46.9 Å². The van der Waals surface area contributed by atoms with Crippen LogP contribution in [0.2, 0.25) is 0 Å². The predicted molar refractivity (Wildman–Crippen MR) is 107 cm³/mol. The van der Waals surface area contributed by atoms with Gasteiger partial charge in [-0.3, -0.25) is 4.79 Å². The van der Waals surface area contributed by atoms with Gasteiger partial charge in [-0.25, -0.2) is 13.5 Å². The van der Waals surface area contributed by atoms with E-state index in [0.717, 1.165) is 24.1 Å². The van der Waals surface area contributed by atoms with Crippen LogP contribution in [0.15, 0.2) is 54.7 Å². The first kappa shape index (κ1) is 19.3. The van der Waals surface area contributed by atoms with Crippen molar-refractivity contribution in [3.05, 3.63) is 83.2 Å². The molecule has 0 bridgehead atoms. The summed E-state index contributed by atoms with van der Waals surface area (Å²) >= 11 is 0. The van der Waals surface area contributed by atoms with Crippen molar-refractivity contribution in [2.45, 2.75) is 38.0 Å². The Bertz CT molecular complexity index is 1020. The minimum Gasteiger partial charge on any atom is -0.351 e. The van der Waals surface area contributed by atoms with Crippen LogP contribution in [0.1, 0.15) is 54.2 Å². The number of aromatic nitrogens is 2. The lowest BCUT2D eigenvalue weighted by Gasteiger charge is -2.17. The number of hydrogen-bond acceptors (Lipinski definition) is 2. The zero-order valence-electron chi connectivity index (χ0n) is 16.5. The van der Waals surface area contributed by atoms with Crippen molar-refractivity contribution in [2.75, 3.05) is 6.54 Å². The molecule has 4 rings (SSSR count). The number of carbonyl (C=O) groups excluding carboxylic acids is 1. The Morgan fingerprint density at radius 1 is 1.07 bits per heavy atom. The fraction of sp³-hybridized carbons (Fsp3) is 0.304. The molecule has 150 valence electrons. The van der Waals surface area contributed by atoms with E-state index in [0.29, 0.717) is 17.8 Å². The lowest BCUT2D eigenvalue weighted by atomic mass is 9.95. The summed E-state index contributed by atoms with van der Waals surface area (Å²) in [6.07, 6.45) is 3.49. The van der Waals surface area contributed by atoms with Gasteiger partial charge in [0, 0.05) is 12.0 Å². The Morgan fingerprint density at radius 3 is 2.21 bits per heavy atom. The molecule has 4 nitrogen and oxygen atoms in total. The number of nitrogens with one attached hydrogen (secondary N) is 1. The fourth-order valence-corrected chi connectivity index (χ4v) is 3.74. The van der Waals surface area contributed by atoms with Gasteiger partial charge in [0.15, 0.2) is 0 Å². The first-order valence-electron chi connectivity index (χ1n) is 9.78. The molecule has 0 saturated heterocycles. The molecule has 0 unspecified atom stereocenters. The van der Waals surface area contributed by atoms with Gasteiger partial charge in [-0.05, 0) is 60.7 Å². The van der Waals surface area contributed by atoms with Gasteiger partial charge in [0.2, 0.25) is 0 Å². The van der Waals surface area contributed by atoms with E-state index in [1.165, 1.54) is 24.3 Å². The van der Waals surface area contributed by atoms with E-state index in [-0.39, 0.29) is 28.9 Å². The van der Waals surface area contributed by atoms with Gasteiger partial charge in [0.05, 0.1) is 23.1 Å². The number of benzene rings is 2. The van der Waals surface area contributed by atoms with Gasteiger partial charge in [-0.2, -0.15) is 5.10 Å². The van der Waals surface area contributed by atoms with Crippen LogP contribution in [0.5, 0.6) is 0 Å². The number of halogens is 2. The largest absolute Gasteiger partial charge is 0.351 e. The van der Waals surface area contributed by atoms with E-state index in [1.807, 2.05) is 13.8 Å². The molecular formula is C23H23F2N3O. The molecule has 1 amide bonds.